The summed E-state index contributed by atoms with van der Waals surface area (Å²) in [5, 5.41) is 6.56. The van der Waals surface area contributed by atoms with Crippen LogP contribution in [0.1, 0.15) is 53.1 Å². The van der Waals surface area contributed by atoms with Gasteiger partial charge in [-0.2, -0.15) is 0 Å². The first-order chi connectivity index (χ1) is 21.1. The number of dihydropyridines is 1. The molecule has 2 atom stereocenters. The molecule has 0 spiro atoms. The summed E-state index contributed by atoms with van der Waals surface area (Å²) in [5.41, 5.74) is 11.6. The number of allylic oxidation sites excluding steroid dienone is 2. The third-order valence-electron chi connectivity index (χ3n) is 9.27. The van der Waals surface area contributed by atoms with Gasteiger partial charge in [0.25, 0.3) is 0 Å². The van der Waals surface area contributed by atoms with Crippen LogP contribution in [0.2, 0.25) is 0 Å². The molecule has 2 aliphatic carbocycles. The van der Waals surface area contributed by atoms with Crippen LogP contribution in [-0.2, 0) is 4.57 Å². The van der Waals surface area contributed by atoms with E-state index >= 15 is 4.57 Å². The van der Waals surface area contributed by atoms with Crippen LogP contribution in [-0.4, -0.2) is 0 Å². The Morgan fingerprint density at radius 1 is 0.628 bits per heavy atom. The molecule has 2 unspecified atom stereocenters. The lowest BCUT2D eigenvalue weighted by Crippen LogP contribution is -2.32. The number of rotatable bonds is 4. The minimum Gasteiger partial charge on any atom is -0.373 e. The highest BCUT2D eigenvalue weighted by atomic mass is 31.2. The predicted octanol–water partition coefficient (Wildman–Crippen LogP) is 8.37. The van der Waals surface area contributed by atoms with Gasteiger partial charge in [0.2, 0.25) is 0 Å². The topological polar surface area (TPSA) is 29.1 Å². The molecule has 2 nitrogen and oxygen atoms in total. The summed E-state index contributed by atoms with van der Waals surface area (Å²) < 4.78 is 15.0. The Kier molecular flexibility index (Phi) is 6.21. The summed E-state index contributed by atoms with van der Waals surface area (Å²) in [6.07, 6.45) is 5.52. The summed E-state index contributed by atoms with van der Waals surface area (Å²) in [4.78, 5) is 0. The Morgan fingerprint density at radius 2 is 1.21 bits per heavy atom. The molecule has 208 valence electrons. The summed E-state index contributed by atoms with van der Waals surface area (Å²) in [6.45, 7) is 2.34. The predicted molar refractivity (Wildman–Crippen MR) is 181 cm³/mol. The van der Waals surface area contributed by atoms with Crippen molar-refractivity contribution in [2.75, 3.05) is 0 Å². The molecule has 0 bridgehead atoms. The molecule has 3 heteroatoms. The average molecular weight is 574 g/mol. The molecule has 5 aromatic carbocycles. The van der Waals surface area contributed by atoms with Crippen LogP contribution >= 0.6 is 7.14 Å². The van der Waals surface area contributed by atoms with Crippen molar-refractivity contribution in [2.24, 2.45) is 0 Å². The molecule has 5 aromatic rings. The van der Waals surface area contributed by atoms with Crippen LogP contribution in [0.4, 0.5) is 0 Å². The molecule has 43 heavy (non-hydrogen) atoms. The van der Waals surface area contributed by atoms with E-state index in [2.05, 4.69) is 97.2 Å². The maximum Gasteiger partial charge on any atom is 0.171 e. The molecule has 0 amide bonds. The van der Waals surface area contributed by atoms with Gasteiger partial charge < -0.3 is 9.88 Å². The van der Waals surface area contributed by atoms with Gasteiger partial charge in [0, 0.05) is 27.2 Å². The average Bonchev–Trinajstić information content (AvgIpc) is 3.08. The van der Waals surface area contributed by atoms with E-state index in [0.29, 0.717) is 5.92 Å². The summed E-state index contributed by atoms with van der Waals surface area (Å²) in [7, 11) is -3.05. The van der Waals surface area contributed by atoms with Gasteiger partial charge >= 0.3 is 0 Å². The van der Waals surface area contributed by atoms with Gasteiger partial charge in [-0.15, -0.1) is 0 Å². The van der Waals surface area contributed by atoms with E-state index in [-0.39, 0.29) is 6.04 Å². The largest absolute Gasteiger partial charge is 0.373 e. The van der Waals surface area contributed by atoms with Crippen molar-refractivity contribution in [3.8, 4) is 0 Å². The smallest absolute Gasteiger partial charge is 0.171 e. The van der Waals surface area contributed by atoms with E-state index in [1.165, 1.54) is 50.2 Å². The Labute approximate surface area is 253 Å². The van der Waals surface area contributed by atoms with E-state index in [0.717, 1.165) is 22.3 Å². The molecule has 0 fully saturated rings. The molecule has 0 saturated carbocycles. The van der Waals surface area contributed by atoms with Gasteiger partial charge in [-0.05, 0) is 51.3 Å². The fourth-order valence-corrected chi connectivity index (χ4v) is 9.85. The van der Waals surface area contributed by atoms with Crippen LogP contribution in [0.15, 0.2) is 151 Å². The van der Waals surface area contributed by atoms with Gasteiger partial charge in [-0.25, -0.2) is 0 Å². The van der Waals surface area contributed by atoms with Crippen molar-refractivity contribution in [3.63, 3.8) is 0 Å². The second-order valence-corrected chi connectivity index (χ2v) is 14.5. The normalized spacial score (nSPS) is 18.7. The van der Waals surface area contributed by atoms with E-state index in [1.807, 2.05) is 60.7 Å². The quantitative estimate of drug-likeness (QED) is 0.219. The third-order valence-corrected chi connectivity index (χ3v) is 12.3. The Bertz CT molecular complexity index is 1960. The van der Waals surface area contributed by atoms with Crippen LogP contribution in [0, 0.1) is 0 Å². The molecule has 1 N–H and O–H groups in total. The van der Waals surface area contributed by atoms with E-state index in [4.69, 9.17) is 0 Å². The summed E-state index contributed by atoms with van der Waals surface area (Å²) >= 11 is 0. The van der Waals surface area contributed by atoms with E-state index in [9.17, 15) is 0 Å². The first-order valence-corrected chi connectivity index (χ1v) is 16.8. The minimum atomic E-state index is -3.05. The molecule has 0 radical (unpaired) electrons. The zero-order valence-electron chi connectivity index (χ0n) is 24.1. The standard InChI is InChI=1S/C40H32NOP/c1-27-26-37-38(29-20-23-32(24-21-29)43(42,30-13-4-2-5-14-30)31-15-6-3-7-16-31)36-25-22-28-12-8-9-18-34(28)39(36)41-40(37)35-19-11-10-17-33(27)35/h2-25,27,39,41H,26H2,1H3. The molecule has 0 saturated heterocycles. The fourth-order valence-electron chi connectivity index (χ4n) is 7.20. The first-order valence-electron chi connectivity index (χ1n) is 15.1. The Balaban J connectivity index is 1.32. The van der Waals surface area contributed by atoms with Crippen molar-refractivity contribution in [1.29, 1.82) is 0 Å². The lowest BCUT2D eigenvalue weighted by molar-refractivity contribution is 0.592. The van der Waals surface area contributed by atoms with Crippen molar-refractivity contribution in [3.05, 3.63) is 178 Å². The van der Waals surface area contributed by atoms with Crippen molar-refractivity contribution in [1.82, 2.24) is 5.32 Å². The van der Waals surface area contributed by atoms with Crippen LogP contribution in [0.3, 0.4) is 0 Å². The van der Waals surface area contributed by atoms with Crippen LogP contribution < -0.4 is 21.2 Å². The van der Waals surface area contributed by atoms with Crippen LogP contribution in [0.5, 0.6) is 0 Å². The summed E-state index contributed by atoms with van der Waals surface area (Å²) in [5.74, 6) is 0.416. The second-order valence-electron chi connectivity index (χ2n) is 11.7. The molecule has 1 heterocycles. The third kappa shape index (κ3) is 4.13. The van der Waals surface area contributed by atoms with Crippen LogP contribution in [0.25, 0.3) is 17.3 Å². The minimum absolute atomic E-state index is 0.0656. The molecule has 0 aromatic heterocycles. The fraction of sp³-hybridized carbons (Fsp3) is 0.100. The number of hydrogen-bond acceptors (Lipinski definition) is 2. The Hall–Kier alpha value is -4.65. The molecule has 1 aliphatic heterocycles. The van der Waals surface area contributed by atoms with Gasteiger partial charge in [0.05, 0.1) is 6.04 Å². The highest BCUT2D eigenvalue weighted by Crippen LogP contribution is 2.51. The lowest BCUT2D eigenvalue weighted by atomic mass is 9.72. The lowest BCUT2D eigenvalue weighted by Gasteiger charge is -2.40. The van der Waals surface area contributed by atoms with Crippen molar-refractivity contribution in [2.45, 2.75) is 25.3 Å². The second kappa shape index (κ2) is 10.3. The van der Waals surface area contributed by atoms with Crippen molar-refractivity contribution < 1.29 is 4.57 Å². The van der Waals surface area contributed by atoms with E-state index < -0.39 is 7.14 Å². The first kappa shape index (κ1) is 26.0. The highest BCUT2D eigenvalue weighted by Gasteiger charge is 2.36. The van der Waals surface area contributed by atoms with Gasteiger partial charge in [0.15, 0.2) is 7.14 Å². The number of benzene rings is 5. The zero-order valence-corrected chi connectivity index (χ0v) is 25.0. The van der Waals surface area contributed by atoms with E-state index in [1.54, 1.807) is 0 Å². The molecule has 3 aliphatic rings. The monoisotopic (exact) mass is 573 g/mol. The van der Waals surface area contributed by atoms with Crippen molar-refractivity contribution >= 4 is 40.4 Å². The maximum atomic E-state index is 15.0. The molecular formula is C40H32NOP. The number of hydrogen-bond donors (Lipinski definition) is 1. The molecule has 8 rings (SSSR count). The van der Waals surface area contributed by atoms with Gasteiger partial charge in [-0.3, -0.25) is 0 Å². The number of fused-ring (bicyclic) bond motifs is 5. The summed E-state index contributed by atoms with van der Waals surface area (Å²) in [6, 6.07) is 46.0. The number of nitrogens with one attached hydrogen (secondary N) is 1. The van der Waals surface area contributed by atoms with Gasteiger partial charge in [-0.1, -0.05) is 153 Å². The highest BCUT2D eigenvalue weighted by molar-refractivity contribution is 7.85. The SMILES string of the molecule is CC1CC2=C(NC3C(=C2c2ccc(P(=O)(c4ccccc4)c4ccccc4)cc2)C=Cc2ccccc23)c2ccccc21. The van der Waals surface area contributed by atoms with Gasteiger partial charge in [0.1, 0.15) is 0 Å². The molecular weight excluding hydrogens is 541 g/mol. The zero-order chi connectivity index (χ0) is 29.0. The Morgan fingerprint density at radius 3 is 1.91 bits per heavy atom. The maximum absolute atomic E-state index is 15.0.